The number of hydrogen-bond acceptors (Lipinski definition) is 5. The first-order valence-electron chi connectivity index (χ1n) is 9.30. The Labute approximate surface area is 167 Å². The summed E-state index contributed by atoms with van der Waals surface area (Å²) < 4.78 is 10.8. The molecule has 0 unspecified atom stereocenters. The van der Waals surface area contributed by atoms with Gasteiger partial charge >= 0.3 is 5.97 Å². The Morgan fingerprint density at radius 1 is 1.10 bits per heavy atom. The van der Waals surface area contributed by atoms with Crippen molar-refractivity contribution < 1.29 is 29.0 Å². The Morgan fingerprint density at radius 3 is 2.59 bits per heavy atom. The van der Waals surface area contributed by atoms with Crippen LogP contribution in [0.25, 0.3) is 0 Å². The predicted molar refractivity (Wildman–Crippen MR) is 105 cm³/mol. The molecule has 0 saturated carbocycles. The number of carbonyl (C=O) groups is 3. The highest BCUT2D eigenvalue weighted by molar-refractivity contribution is 5.98. The summed E-state index contributed by atoms with van der Waals surface area (Å²) in [5.74, 6) is -0.980. The molecule has 1 aliphatic heterocycles. The van der Waals surface area contributed by atoms with E-state index >= 15 is 0 Å². The molecule has 0 aromatic heterocycles. The van der Waals surface area contributed by atoms with Crippen molar-refractivity contribution in [1.29, 1.82) is 0 Å². The first kappa shape index (κ1) is 20.3. The number of aromatic carboxylic acids is 1. The molecule has 1 saturated heterocycles. The fourth-order valence-corrected chi connectivity index (χ4v) is 2.87. The lowest BCUT2D eigenvalue weighted by atomic mass is 10.1. The number of carboxylic acid groups (broad SMARTS) is 1. The van der Waals surface area contributed by atoms with E-state index in [2.05, 4.69) is 10.6 Å². The lowest BCUT2D eigenvalue weighted by Crippen LogP contribution is -2.29. The van der Waals surface area contributed by atoms with Crippen LogP contribution in [-0.2, 0) is 9.53 Å². The summed E-state index contributed by atoms with van der Waals surface area (Å²) in [4.78, 5) is 35.2. The highest BCUT2D eigenvalue weighted by atomic mass is 16.5. The van der Waals surface area contributed by atoms with Crippen LogP contribution >= 0.6 is 0 Å². The molecule has 1 heterocycles. The van der Waals surface area contributed by atoms with Crippen LogP contribution in [0.15, 0.2) is 48.5 Å². The molecule has 0 radical (unpaired) electrons. The smallest absolute Gasteiger partial charge is 0.335 e. The van der Waals surface area contributed by atoms with Crippen molar-refractivity contribution in [2.45, 2.75) is 18.9 Å². The van der Waals surface area contributed by atoms with E-state index in [1.165, 1.54) is 12.1 Å². The van der Waals surface area contributed by atoms with Crippen molar-refractivity contribution >= 4 is 23.5 Å². The van der Waals surface area contributed by atoms with E-state index in [0.29, 0.717) is 30.0 Å². The summed E-state index contributed by atoms with van der Waals surface area (Å²) in [6.07, 6.45) is 1.13. The van der Waals surface area contributed by atoms with Gasteiger partial charge in [0, 0.05) is 17.9 Å². The molecular weight excluding hydrogens is 376 g/mol. The minimum absolute atomic E-state index is 0.178. The molecule has 8 nitrogen and oxygen atoms in total. The maximum Gasteiger partial charge on any atom is 0.335 e. The Morgan fingerprint density at radius 2 is 1.90 bits per heavy atom. The van der Waals surface area contributed by atoms with Gasteiger partial charge in [0.05, 0.1) is 12.1 Å². The molecule has 1 atom stereocenters. The molecule has 0 spiro atoms. The molecule has 2 aromatic rings. The third kappa shape index (κ3) is 5.79. The number of anilines is 1. The van der Waals surface area contributed by atoms with Crippen molar-refractivity contribution in [1.82, 2.24) is 5.32 Å². The summed E-state index contributed by atoms with van der Waals surface area (Å²) in [5, 5.41) is 14.4. The van der Waals surface area contributed by atoms with Crippen LogP contribution in [0.4, 0.5) is 5.69 Å². The zero-order chi connectivity index (χ0) is 20.6. The highest BCUT2D eigenvalue weighted by Gasteiger charge is 2.23. The van der Waals surface area contributed by atoms with E-state index in [9.17, 15) is 14.4 Å². The number of nitrogens with one attached hydrogen (secondary N) is 2. The molecule has 2 aromatic carbocycles. The number of rotatable bonds is 8. The normalized spacial score (nSPS) is 15.5. The first-order chi connectivity index (χ1) is 14.0. The Hall–Kier alpha value is -3.39. The number of amides is 2. The minimum Gasteiger partial charge on any atom is -0.492 e. The second-order valence-electron chi connectivity index (χ2n) is 6.51. The van der Waals surface area contributed by atoms with Gasteiger partial charge < -0.3 is 25.2 Å². The third-order valence-corrected chi connectivity index (χ3v) is 4.37. The minimum atomic E-state index is -1.00. The summed E-state index contributed by atoms with van der Waals surface area (Å²) in [6, 6.07) is 12.7. The van der Waals surface area contributed by atoms with Crippen LogP contribution in [0.1, 0.15) is 33.6 Å². The average Bonchev–Trinajstić information content (AvgIpc) is 3.27. The van der Waals surface area contributed by atoms with Gasteiger partial charge in [-0.15, -0.1) is 0 Å². The van der Waals surface area contributed by atoms with Gasteiger partial charge in [-0.2, -0.15) is 0 Å². The SMILES string of the molecule is O=C(O)c1ccc(OCCNC(=O)c2cccc(NC(=O)[C@@H]3CCCO3)c2)cc1. The largest absolute Gasteiger partial charge is 0.492 e. The third-order valence-electron chi connectivity index (χ3n) is 4.37. The van der Waals surface area contributed by atoms with E-state index < -0.39 is 12.1 Å². The molecule has 0 aliphatic carbocycles. The lowest BCUT2D eigenvalue weighted by Gasteiger charge is -2.12. The molecule has 2 amide bonds. The second-order valence-corrected chi connectivity index (χ2v) is 6.51. The predicted octanol–water partition coefficient (Wildman–Crippen LogP) is 2.31. The van der Waals surface area contributed by atoms with E-state index in [-0.39, 0.29) is 30.5 Å². The maximum absolute atomic E-state index is 12.3. The zero-order valence-corrected chi connectivity index (χ0v) is 15.7. The first-order valence-corrected chi connectivity index (χ1v) is 9.30. The molecule has 8 heteroatoms. The molecule has 1 aliphatic rings. The molecule has 1 fully saturated rings. The quantitative estimate of drug-likeness (QED) is 0.588. The number of benzene rings is 2. The number of hydrogen-bond donors (Lipinski definition) is 3. The Kier molecular flexibility index (Phi) is 6.80. The number of carboxylic acids is 1. The fourth-order valence-electron chi connectivity index (χ4n) is 2.87. The Bertz CT molecular complexity index is 875. The van der Waals surface area contributed by atoms with Crippen LogP contribution in [-0.4, -0.2) is 48.8 Å². The van der Waals surface area contributed by atoms with Crippen molar-refractivity contribution in [3.05, 3.63) is 59.7 Å². The van der Waals surface area contributed by atoms with Gasteiger partial charge in [0.1, 0.15) is 18.5 Å². The van der Waals surface area contributed by atoms with Gasteiger partial charge in [0.2, 0.25) is 0 Å². The van der Waals surface area contributed by atoms with Gasteiger partial charge in [-0.05, 0) is 55.3 Å². The van der Waals surface area contributed by atoms with Crippen LogP contribution in [0, 0.1) is 0 Å². The van der Waals surface area contributed by atoms with Crippen LogP contribution in [0.3, 0.4) is 0 Å². The number of carbonyl (C=O) groups excluding carboxylic acids is 2. The standard InChI is InChI=1S/C21H22N2O6/c24-19(22-10-12-28-17-8-6-14(7-9-17)21(26)27)15-3-1-4-16(13-15)23-20(25)18-5-2-11-29-18/h1,3-4,6-9,13,18H,2,5,10-12H2,(H,22,24)(H,23,25)(H,26,27)/t18-/m0/s1. The number of ether oxygens (including phenoxy) is 2. The van der Waals surface area contributed by atoms with E-state index in [1.54, 1.807) is 36.4 Å². The monoisotopic (exact) mass is 398 g/mol. The van der Waals surface area contributed by atoms with E-state index in [1.807, 2.05) is 0 Å². The molecule has 3 N–H and O–H groups in total. The maximum atomic E-state index is 12.3. The molecule has 152 valence electrons. The molecule has 0 bridgehead atoms. The highest BCUT2D eigenvalue weighted by Crippen LogP contribution is 2.16. The van der Waals surface area contributed by atoms with Crippen molar-refractivity contribution in [3.63, 3.8) is 0 Å². The summed E-state index contributed by atoms with van der Waals surface area (Å²) in [7, 11) is 0. The van der Waals surface area contributed by atoms with Crippen LogP contribution < -0.4 is 15.4 Å². The van der Waals surface area contributed by atoms with Gasteiger partial charge in [-0.1, -0.05) is 6.07 Å². The van der Waals surface area contributed by atoms with Crippen molar-refractivity contribution in [3.8, 4) is 5.75 Å². The average molecular weight is 398 g/mol. The molecular formula is C21H22N2O6. The van der Waals surface area contributed by atoms with E-state index in [0.717, 1.165) is 6.42 Å². The summed E-state index contributed by atoms with van der Waals surface area (Å²) >= 11 is 0. The van der Waals surface area contributed by atoms with Gasteiger partial charge in [-0.25, -0.2) is 4.79 Å². The van der Waals surface area contributed by atoms with Gasteiger partial charge in [-0.3, -0.25) is 9.59 Å². The topological polar surface area (TPSA) is 114 Å². The van der Waals surface area contributed by atoms with Crippen molar-refractivity contribution in [2.75, 3.05) is 25.1 Å². The van der Waals surface area contributed by atoms with Crippen molar-refractivity contribution in [2.24, 2.45) is 0 Å². The lowest BCUT2D eigenvalue weighted by molar-refractivity contribution is -0.124. The fraction of sp³-hybridized carbons (Fsp3) is 0.286. The Balaban J connectivity index is 1.45. The molecule has 3 rings (SSSR count). The summed E-state index contributed by atoms with van der Waals surface area (Å²) in [5.41, 5.74) is 1.13. The van der Waals surface area contributed by atoms with Crippen LogP contribution in [0.2, 0.25) is 0 Å². The van der Waals surface area contributed by atoms with Gasteiger partial charge in [0.15, 0.2) is 0 Å². The van der Waals surface area contributed by atoms with Crippen LogP contribution in [0.5, 0.6) is 5.75 Å². The van der Waals surface area contributed by atoms with E-state index in [4.69, 9.17) is 14.6 Å². The summed E-state index contributed by atoms with van der Waals surface area (Å²) in [6.45, 7) is 1.09. The molecule has 29 heavy (non-hydrogen) atoms. The second kappa shape index (κ2) is 9.70. The zero-order valence-electron chi connectivity index (χ0n) is 15.7. The van der Waals surface area contributed by atoms with Gasteiger partial charge in [0.25, 0.3) is 11.8 Å².